The normalized spacial score (nSPS) is 12.0. The standard InChI is InChI=1S/C16H35O5P/c17-15-13-11-9-7-5-3-1-2-4-6-8-10-12-14-16-21-22(18,19)20/h17H,1-16H2,(H2,18,19,20). The molecule has 6 heteroatoms. The fraction of sp³-hybridized carbons (Fsp3) is 1.00. The lowest BCUT2D eigenvalue weighted by atomic mass is 10.0. The predicted molar refractivity (Wildman–Crippen MR) is 89.7 cm³/mol. The van der Waals surface area contributed by atoms with Gasteiger partial charge in [-0.05, 0) is 12.8 Å². The van der Waals surface area contributed by atoms with Gasteiger partial charge in [-0.25, -0.2) is 4.57 Å². The van der Waals surface area contributed by atoms with Crippen LogP contribution in [0, 0.1) is 0 Å². The fourth-order valence-electron chi connectivity index (χ4n) is 2.52. The van der Waals surface area contributed by atoms with E-state index in [4.69, 9.17) is 14.9 Å². The lowest BCUT2D eigenvalue weighted by molar-refractivity contribution is 0.193. The van der Waals surface area contributed by atoms with E-state index >= 15 is 0 Å². The molecule has 134 valence electrons. The molecule has 0 heterocycles. The van der Waals surface area contributed by atoms with Crippen LogP contribution in [0.2, 0.25) is 0 Å². The first-order valence-electron chi connectivity index (χ1n) is 8.87. The maximum Gasteiger partial charge on any atom is 0.469 e. The van der Waals surface area contributed by atoms with Crippen LogP contribution in [-0.2, 0) is 9.09 Å². The zero-order valence-electron chi connectivity index (χ0n) is 13.9. The van der Waals surface area contributed by atoms with Crippen molar-refractivity contribution in [3.8, 4) is 0 Å². The van der Waals surface area contributed by atoms with Crippen molar-refractivity contribution in [1.82, 2.24) is 0 Å². The minimum atomic E-state index is -4.27. The lowest BCUT2D eigenvalue weighted by Gasteiger charge is -2.05. The number of aliphatic hydroxyl groups is 1. The Balaban J connectivity index is 3.01. The third kappa shape index (κ3) is 20.1. The Labute approximate surface area is 135 Å². The van der Waals surface area contributed by atoms with E-state index in [-0.39, 0.29) is 6.61 Å². The summed E-state index contributed by atoms with van der Waals surface area (Å²) in [4.78, 5) is 17.0. The Morgan fingerprint density at radius 2 is 0.909 bits per heavy atom. The number of rotatable bonds is 17. The van der Waals surface area contributed by atoms with Crippen LogP contribution in [0.4, 0.5) is 0 Å². The summed E-state index contributed by atoms with van der Waals surface area (Å²) in [6.45, 7) is 0.485. The van der Waals surface area contributed by atoms with Crippen LogP contribution in [0.3, 0.4) is 0 Å². The van der Waals surface area contributed by atoms with Gasteiger partial charge in [0.2, 0.25) is 0 Å². The summed E-state index contributed by atoms with van der Waals surface area (Å²) in [6, 6.07) is 0. The molecule has 0 saturated heterocycles. The van der Waals surface area contributed by atoms with Gasteiger partial charge >= 0.3 is 7.82 Å². The van der Waals surface area contributed by atoms with Crippen LogP contribution in [0.5, 0.6) is 0 Å². The SMILES string of the molecule is O=P(O)(O)OCCCCCCCCCCCCCCCCO. The van der Waals surface area contributed by atoms with E-state index < -0.39 is 7.82 Å². The van der Waals surface area contributed by atoms with Crippen LogP contribution in [0.1, 0.15) is 89.9 Å². The van der Waals surface area contributed by atoms with Gasteiger partial charge in [0, 0.05) is 6.61 Å². The first-order chi connectivity index (χ1) is 10.6. The third-order valence-electron chi connectivity index (χ3n) is 3.81. The molecule has 0 aromatic heterocycles. The molecule has 0 aromatic rings. The van der Waals surface area contributed by atoms with Crippen molar-refractivity contribution in [1.29, 1.82) is 0 Å². The van der Waals surface area contributed by atoms with Crippen LogP contribution >= 0.6 is 7.82 Å². The van der Waals surface area contributed by atoms with Gasteiger partial charge in [0.1, 0.15) is 0 Å². The summed E-state index contributed by atoms with van der Waals surface area (Å²) >= 11 is 0. The Morgan fingerprint density at radius 1 is 0.591 bits per heavy atom. The summed E-state index contributed by atoms with van der Waals surface area (Å²) in [5.41, 5.74) is 0. The number of hydrogen-bond acceptors (Lipinski definition) is 3. The number of phosphoric ester groups is 1. The topological polar surface area (TPSA) is 87.0 Å². The van der Waals surface area contributed by atoms with Gasteiger partial charge in [0.25, 0.3) is 0 Å². The molecule has 0 bridgehead atoms. The highest BCUT2D eigenvalue weighted by Crippen LogP contribution is 2.35. The van der Waals surface area contributed by atoms with Crippen LogP contribution < -0.4 is 0 Å². The monoisotopic (exact) mass is 338 g/mol. The van der Waals surface area contributed by atoms with Crippen molar-refractivity contribution in [3.63, 3.8) is 0 Å². The molecule has 0 atom stereocenters. The largest absolute Gasteiger partial charge is 0.469 e. The van der Waals surface area contributed by atoms with Crippen molar-refractivity contribution < 1.29 is 24.0 Å². The molecule has 22 heavy (non-hydrogen) atoms. The molecule has 0 aromatic carbocycles. The average molecular weight is 338 g/mol. The summed E-state index contributed by atoms with van der Waals surface area (Å²) in [7, 11) is -4.27. The second-order valence-electron chi connectivity index (χ2n) is 6.00. The summed E-state index contributed by atoms with van der Waals surface area (Å²) in [6.07, 6.45) is 16.6. The summed E-state index contributed by atoms with van der Waals surface area (Å²) in [5, 5.41) is 8.66. The van der Waals surface area contributed by atoms with Crippen molar-refractivity contribution in [3.05, 3.63) is 0 Å². The molecule has 0 amide bonds. The smallest absolute Gasteiger partial charge is 0.396 e. The Kier molecular flexibility index (Phi) is 16.0. The van der Waals surface area contributed by atoms with E-state index in [2.05, 4.69) is 4.52 Å². The molecule has 0 saturated carbocycles. The highest BCUT2D eigenvalue weighted by Gasteiger charge is 2.12. The Hall–Kier alpha value is 0.0700. The molecule has 0 rings (SSSR count). The summed E-state index contributed by atoms with van der Waals surface area (Å²) in [5.74, 6) is 0. The van der Waals surface area contributed by atoms with Gasteiger partial charge in [0.05, 0.1) is 6.61 Å². The van der Waals surface area contributed by atoms with Crippen molar-refractivity contribution in [2.24, 2.45) is 0 Å². The molecule has 0 aliphatic carbocycles. The van der Waals surface area contributed by atoms with Crippen molar-refractivity contribution in [2.45, 2.75) is 89.9 Å². The molecule has 0 unspecified atom stereocenters. The minimum Gasteiger partial charge on any atom is -0.396 e. The second-order valence-corrected chi connectivity index (χ2v) is 7.24. The Bertz CT molecular complexity index is 267. The zero-order chi connectivity index (χ0) is 16.5. The quantitative estimate of drug-likeness (QED) is 0.267. The average Bonchev–Trinajstić information content (AvgIpc) is 2.45. The second kappa shape index (κ2) is 15.9. The van der Waals surface area contributed by atoms with Gasteiger partial charge in [0.15, 0.2) is 0 Å². The number of hydrogen-bond donors (Lipinski definition) is 3. The van der Waals surface area contributed by atoms with Crippen molar-refractivity contribution >= 4 is 7.82 Å². The summed E-state index contributed by atoms with van der Waals surface area (Å²) < 4.78 is 14.8. The number of unbranched alkanes of at least 4 members (excludes halogenated alkanes) is 13. The van der Waals surface area contributed by atoms with E-state index in [1.54, 1.807) is 0 Å². The van der Waals surface area contributed by atoms with Crippen molar-refractivity contribution in [2.75, 3.05) is 13.2 Å². The molecule has 0 aliphatic rings. The van der Waals surface area contributed by atoms with Crippen LogP contribution in [-0.4, -0.2) is 28.1 Å². The maximum absolute atomic E-state index is 10.4. The highest BCUT2D eigenvalue weighted by molar-refractivity contribution is 7.46. The first-order valence-corrected chi connectivity index (χ1v) is 10.4. The fourth-order valence-corrected chi connectivity index (χ4v) is 2.89. The molecular formula is C16H35O5P. The molecule has 0 fully saturated rings. The van der Waals surface area contributed by atoms with Crippen LogP contribution in [0.25, 0.3) is 0 Å². The van der Waals surface area contributed by atoms with E-state index in [0.29, 0.717) is 6.61 Å². The van der Waals surface area contributed by atoms with E-state index in [0.717, 1.165) is 32.1 Å². The van der Waals surface area contributed by atoms with Gasteiger partial charge in [-0.15, -0.1) is 0 Å². The first kappa shape index (κ1) is 22.1. The Morgan fingerprint density at radius 3 is 1.23 bits per heavy atom. The molecule has 0 spiro atoms. The van der Waals surface area contributed by atoms with E-state index in [9.17, 15) is 4.57 Å². The van der Waals surface area contributed by atoms with E-state index in [1.165, 1.54) is 57.8 Å². The molecule has 5 nitrogen and oxygen atoms in total. The van der Waals surface area contributed by atoms with Gasteiger partial charge in [-0.3, -0.25) is 4.52 Å². The van der Waals surface area contributed by atoms with Gasteiger partial charge in [-0.2, -0.15) is 0 Å². The molecule has 0 aliphatic heterocycles. The molecule has 0 radical (unpaired) electrons. The van der Waals surface area contributed by atoms with Gasteiger partial charge < -0.3 is 14.9 Å². The number of phosphoric acid groups is 1. The van der Waals surface area contributed by atoms with Crippen LogP contribution in [0.15, 0.2) is 0 Å². The van der Waals surface area contributed by atoms with E-state index in [1.807, 2.05) is 0 Å². The molecule has 3 N–H and O–H groups in total. The maximum atomic E-state index is 10.4. The number of aliphatic hydroxyl groups excluding tert-OH is 1. The predicted octanol–water partition coefficient (Wildman–Crippen LogP) is 4.55. The third-order valence-corrected chi connectivity index (χ3v) is 4.33. The highest BCUT2D eigenvalue weighted by atomic mass is 31.2. The minimum absolute atomic E-state index is 0.155. The van der Waals surface area contributed by atoms with Gasteiger partial charge in [-0.1, -0.05) is 77.0 Å². The lowest BCUT2D eigenvalue weighted by Crippen LogP contribution is -1.92. The molecular weight excluding hydrogens is 303 g/mol. The zero-order valence-corrected chi connectivity index (χ0v) is 14.8.